The standard InChI is InChI=1S/C27H36N2O4/c1-19-13-14-25(15-20(19)2)33-18-26(30)29(17-22-9-8-12-24(16-22)32-4)21(3)27(31)28-23-10-6-5-7-11-23/h8-9,12-16,21,23H,5-7,10-11,17-18H2,1-4H3,(H,28,31)/t21-/m0/s1. The molecule has 0 bridgehead atoms. The van der Waals surface area contributed by atoms with E-state index < -0.39 is 6.04 Å². The fourth-order valence-electron chi connectivity index (χ4n) is 4.15. The molecule has 0 aromatic heterocycles. The second kappa shape index (κ2) is 11.7. The largest absolute Gasteiger partial charge is 0.497 e. The Morgan fingerprint density at radius 2 is 1.79 bits per heavy atom. The molecule has 178 valence electrons. The number of benzene rings is 2. The maximum atomic E-state index is 13.3. The zero-order valence-corrected chi connectivity index (χ0v) is 20.2. The minimum atomic E-state index is -0.617. The van der Waals surface area contributed by atoms with Crippen molar-refractivity contribution in [2.75, 3.05) is 13.7 Å². The molecule has 0 saturated heterocycles. The molecule has 2 amide bonds. The molecule has 1 N–H and O–H groups in total. The Labute approximate surface area is 197 Å². The van der Waals surface area contributed by atoms with E-state index in [1.54, 1.807) is 18.9 Å². The first kappa shape index (κ1) is 24.6. The third kappa shape index (κ3) is 6.98. The number of carbonyl (C=O) groups excluding carboxylic acids is 2. The highest BCUT2D eigenvalue weighted by Crippen LogP contribution is 2.20. The van der Waals surface area contributed by atoms with Gasteiger partial charge >= 0.3 is 0 Å². The van der Waals surface area contributed by atoms with Crippen LogP contribution >= 0.6 is 0 Å². The van der Waals surface area contributed by atoms with E-state index in [2.05, 4.69) is 5.32 Å². The third-order valence-electron chi connectivity index (χ3n) is 6.45. The highest BCUT2D eigenvalue weighted by Gasteiger charge is 2.28. The molecular weight excluding hydrogens is 416 g/mol. The van der Waals surface area contributed by atoms with Crippen molar-refractivity contribution in [3.8, 4) is 11.5 Å². The number of hydrogen-bond donors (Lipinski definition) is 1. The first-order chi connectivity index (χ1) is 15.9. The second-order valence-electron chi connectivity index (χ2n) is 8.93. The fraction of sp³-hybridized carbons (Fsp3) is 0.481. The van der Waals surface area contributed by atoms with E-state index in [1.807, 2.05) is 56.3 Å². The molecule has 0 unspecified atom stereocenters. The lowest BCUT2D eigenvalue weighted by Gasteiger charge is -2.31. The van der Waals surface area contributed by atoms with Crippen molar-refractivity contribution in [3.63, 3.8) is 0 Å². The zero-order chi connectivity index (χ0) is 23.8. The Hall–Kier alpha value is -3.02. The number of ether oxygens (including phenoxy) is 2. The van der Waals surface area contributed by atoms with Crippen LogP contribution in [-0.2, 0) is 16.1 Å². The van der Waals surface area contributed by atoms with Crippen LogP contribution in [0.1, 0.15) is 55.7 Å². The van der Waals surface area contributed by atoms with Gasteiger partial charge in [-0.25, -0.2) is 0 Å². The molecule has 0 spiro atoms. The number of methoxy groups -OCH3 is 1. The van der Waals surface area contributed by atoms with Gasteiger partial charge in [-0.3, -0.25) is 9.59 Å². The monoisotopic (exact) mass is 452 g/mol. The molecule has 1 aliphatic rings. The maximum Gasteiger partial charge on any atom is 0.261 e. The van der Waals surface area contributed by atoms with E-state index in [4.69, 9.17) is 9.47 Å². The Balaban J connectivity index is 1.73. The molecule has 1 aliphatic carbocycles. The van der Waals surface area contributed by atoms with Gasteiger partial charge in [0.05, 0.1) is 7.11 Å². The maximum absolute atomic E-state index is 13.3. The van der Waals surface area contributed by atoms with Gasteiger partial charge in [0.15, 0.2) is 6.61 Å². The van der Waals surface area contributed by atoms with E-state index in [0.717, 1.165) is 36.8 Å². The Bertz CT molecular complexity index is 953. The van der Waals surface area contributed by atoms with Crippen molar-refractivity contribution in [1.82, 2.24) is 10.2 Å². The van der Waals surface area contributed by atoms with E-state index >= 15 is 0 Å². The molecule has 33 heavy (non-hydrogen) atoms. The molecule has 6 heteroatoms. The normalized spacial score (nSPS) is 14.9. The van der Waals surface area contributed by atoms with Crippen LogP contribution in [0.5, 0.6) is 11.5 Å². The summed E-state index contributed by atoms with van der Waals surface area (Å²) in [6, 6.07) is 12.9. The minimum absolute atomic E-state index is 0.121. The van der Waals surface area contributed by atoms with E-state index in [-0.39, 0.29) is 24.5 Å². The summed E-state index contributed by atoms with van der Waals surface area (Å²) < 4.78 is 11.1. The van der Waals surface area contributed by atoms with Crippen molar-refractivity contribution >= 4 is 11.8 Å². The van der Waals surface area contributed by atoms with Gasteiger partial charge in [0.2, 0.25) is 5.91 Å². The molecule has 2 aromatic rings. The molecule has 3 rings (SSSR count). The highest BCUT2D eigenvalue weighted by atomic mass is 16.5. The molecule has 2 aromatic carbocycles. The second-order valence-corrected chi connectivity index (χ2v) is 8.93. The summed E-state index contributed by atoms with van der Waals surface area (Å²) >= 11 is 0. The highest BCUT2D eigenvalue weighted by molar-refractivity contribution is 5.88. The Morgan fingerprint density at radius 3 is 2.48 bits per heavy atom. The van der Waals surface area contributed by atoms with Gasteiger partial charge in [0, 0.05) is 12.6 Å². The summed E-state index contributed by atoms with van der Waals surface area (Å²) in [5.74, 6) is 1.00. The number of nitrogens with zero attached hydrogens (tertiary/aromatic N) is 1. The lowest BCUT2D eigenvalue weighted by atomic mass is 9.95. The van der Waals surface area contributed by atoms with Crippen molar-refractivity contribution in [1.29, 1.82) is 0 Å². The SMILES string of the molecule is COc1cccc(CN(C(=O)COc2ccc(C)c(C)c2)[C@@H](C)C(=O)NC2CCCCC2)c1. The van der Waals surface area contributed by atoms with Crippen LogP contribution in [-0.4, -0.2) is 42.5 Å². The number of amides is 2. The van der Waals surface area contributed by atoms with Gasteiger partial charge in [-0.1, -0.05) is 37.5 Å². The summed E-state index contributed by atoms with van der Waals surface area (Å²) in [4.78, 5) is 27.9. The Kier molecular flexibility index (Phi) is 8.75. The molecule has 1 saturated carbocycles. The summed E-state index contributed by atoms with van der Waals surface area (Å²) in [5, 5.41) is 3.15. The minimum Gasteiger partial charge on any atom is -0.497 e. The smallest absolute Gasteiger partial charge is 0.261 e. The van der Waals surface area contributed by atoms with E-state index in [0.29, 0.717) is 18.0 Å². The lowest BCUT2D eigenvalue weighted by molar-refractivity contribution is -0.142. The predicted octanol–water partition coefficient (Wildman–Crippen LogP) is 4.56. The van der Waals surface area contributed by atoms with Crippen LogP contribution < -0.4 is 14.8 Å². The van der Waals surface area contributed by atoms with Crippen LogP contribution in [0.4, 0.5) is 0 Å². The molecule has 0 radical (unpaired) electrons. The number of aryl methyl sites for hydroxylation is 2. The molecule has 0 heterocycles. The van der Waals surface area contributed by atoms with Gasteiger partial charge in [0.25, 0.3) is 5.91 Å². The summed E-state index contributed by atoms with van der Waals surface area (Å²) in [5.41, 5.74) is 3.17. The average Bonchev–Trinajstić information content (AvgIpc) is 2.83. The number of nitrogens with one attached hydrogen (secondary N) is 1. The molecule has 1 fully saturated rings. The van der Waals surface area contributed by atoms with Crippen molar-refractivity contribution in [3.05, 3.63) is 59.2 Å². The van der Waals surface area contributed by atoms with Gasteiger partial charge < -0.3 is 19.7 Å². The van der Waals surface area contributed by atoms with Crippen molar-refractivity contribution in [2.24, 2.45) is 0 Å². The van der Waals surface area contributed by atoms with Crippen LogP contribution in [0, 0.1) is 13.8 Å². The topological polar surface area (TPSA) is 67.9 Å². The molecule has 0 aliphatic heterocycles. The van der Waals surface area contributed by atoms with Gasteiger partial charge in [-0.2, -0.15) is 0 Å². The predicted molar refractivity (Wildman–Crippen MR) is 129 cm³/mol. The number of hydrogen-bond acceptors (Lipinski definition) is 4. The van der Waals surface area contributed by atoms with Gasteiger partial charge in [0.1, 0.15) is 17.5 Å². The summed E-state index contributed by atoms with van der Waals surface area (Å²) in [6.07, 6.45) is 5.49. The van der Waals surface area contributed by atoms with Crippen LogP contribution in [0.25, 0.3) is 0 Å². The lowest BCUT2D eigenvalue weighted by Crippen LogP contribution is -2.51. The molecule has 6 nitrogen and oxygen atoms in total. The van der Waals surface area contributed by atoms with Crippen molar-refractivity contribution in [2.45, 2.75) is 71.5 Å². The average molecular weight is 453 g/mol. The summed E-state index contributed by atoms with van der Waals surface area (Å²) in [6.45, 7) is 5.99. The number of rotatable bonds is 9. The van der Waals surface area contributed by atoms with Crippen molar-refractivity contribution < 1.29 is 19.1 Å². The first-order valence-corrected chi connectivity index (χ1v) is 11.8. The third-order valence-corrected chi connectivity index (χ3v) is 6.45. The van der Waals surface area contributed by atoms with Crippen LogP contribution in [0.15, 0.2) is 42.5 Å². The first-order valence-electron chi connectivity index (χ1n) is 11.8. The molecular formula is C27H36N2O4. The number of carbonyl (C=O) groups is 2. The van der Waals surface area contributed by atoms with Gasteiger partial charge in [-0.15, -0.1) is 0 Å². The fourth-order valence-corrected chi connectivity index (χ4v) is 4.15. The molecule has 1 atom stereocenters. The van der Waals surface area contributed by atoms with Crippen LogP contribution in [0.3, 0.4) is 0 Å². The van der Waals surface area contributed by atoms with Gasteiger partial charge in [-0.05, 0) is 74.6 Å². The van der Waals surface area contributed by atoms with E-state index in [9.17, 15) is 9.59 Å². The zero-order valence-electron chi connectivity index (χ0n) is 20.2. The Morgan fingerprint density at radius 1 is 1.03 bits per heavy atom. The quantitative estimate of drug-likeness (QED) is 0.606. The summed E-state index contributed by atoms with van der Waals surface area (Å²) in [7, 11) is 1.61. The van der Waals surface area contributed by atoms with Crippen LogP contribution in [0.2, 0.25) is 0 Å². The van der Waals surface area contributed by atoms with E-state index in [1.165, 1.54) is 12.0 Å².